The maximum atomic E-state index is 11.6. The molecule has 0 aromatic carbocycles. The second-order valence-corrected chi connectivity index (χ2v) is 4.51. The van der Waals surface area contributed by atoms with Gasteiger partial charge in [0.15, 0.2) is 0 Å². The van der Waals surface area contributed by atoms with Gasteiger partial charge in [0.05, 0.1) is 6.54 Å². The molecule has 1 amide bonds. The average molecular weight is 253 g/mol. The Morgan fingerprint density at radius 3 is 2.50 bits per heavy atom. The largest absolute Gasteiger partial charge is 0.459 e. The van der Waals surface area contributed by atoms with Crippen LogP contribution in [0.4, 0.5) is 4.79 Å². The van der Waals surface area contributed by atoms with E-state index in [0.717, 1.165) is 4.90 Å². The van der Waals surface area contributed by atoms with Gasteiger partial charge in [-0.25, -0.2) is 4.79 Å². The van der Waals surface area contributed by atoms with Crippen LogP contribution in [-0.4, -0.2) is 42.3 Å². The molecule has 5 heteroatoms. The Morgan fingerprint density at radius 2 is 2.06 bits per heavy atom. The fourth-order valence-electron chi connectivity index (χ4n) is 1.05. The quantitative estimate of drug-likeness (QED) is 0.424. The highest BCUT2D eigenvalue weighted by Crippen LogP contribution is 2.07. The maximum absolute atomic E-state index is 11.6. The topological polar surface area (TPSA) is 55.8 Å². The minimum absolute atomic E-state index is 0.0186. The minimum atomic E-state index is -0.668. The van der Waals surface area contributed by atoms with E-state index in [4.69, 9.17) is 15.9 Å². The summed E-state index contributed by atoms with van der Waals surface area (Å²) in [5, 5.41) is 0. The van der Waals surface area contributed by atoms with Gasteiger partial charge < -0.3 is 9.47 Å². The summed E-state index contributed by atoms with van der Waals surface area (Å²) in [5.41, 5.74) is -0.607. The smallest absolute Gasteiger partial charge is 0.411 e. The maximum Gasteiger partial charge on any atom is 0.411 e. The van der Waals surface area contributed by atoms with Gasteiger partial charge in [0.1, 0.15) is 18.8 Å². The zero-order chi connectivity index (χ0) is 14.2. The second kappa shape index (κ2) is 7.38. The van der Waals surface area contributed by atoms with E-state index in [2.05, 4.69) is 12.5 Å². The molecule has 0 saturated heterocycles. The van der Waals surface area contributed by atoms with Crippen LogP contribution in [0.1, 0.15) is 20.8 Å². The number of hydrogen-bond acceptors (Lipinski definition) is 4. The molecule has 18 heavy (non-hydrogen) atoms. The van der Waals surface area contributed by atoms with Gasteiger partial charge in [-0.1, -0.05) is 18.6 Å². The van der Waals surface area contributed by atoms with E-state index in [9.17, 15) is 9.59 Å². The molecule has 5 nitrogen and oxygen atoms in total. The molecule has 0 bridgehead atoms. The number of nitrogens with zero attached hydrogens (tertiary/aromatic N) is 1. The van der Waals surface area contributed by atoms with Gasteiger partial charge in [-0.3, -0.25) is 9.69 Å². The van der Waals surface area contributed by atoms with Gasteiger partial charge >= 0.3 is 12.1 Å². The zero-order valence-electron chi connectivity index (χ0n) is 11.1. The van der Waals surface area contributed by atoms with E-state index in [1.54, 1.807) is 20.8 Å². The number of hydrogen-bond donors (Lipinski definition) is 0. The van der Waals surface area contributed by atoms with Gasteiger partial charge in [0.25, 0.3) is 0 Å². The lowest BCUT2D eigenvalue weighted by Gasteiger charge is -2.23. The molecule has 0 saturated carbocycles. The predicted molar refractivity (Wildman–Crippen MR) is 67.8 cm³/mol. The second-order valence-electron chi connectivity index (χ2n) is 4.51. The summed E-state index contributed by atoms with van der Waals surface area (Å²) in [5.74, 6) is 1.75. The summed E-state index contributed by atoms with van der Waals surface area (Å²) >= 11 is 0. The van der Waals surface area contributed by atoms with Crippen molar-refractivity contribution in [3.8, 4) is 12.3 Å². The molecular weight excluding hydrogens is 234 g/mol. The molecule has 0 atom stereocenters. The third-order valence-electron chi connectivity index (χ3n) is 1.60. The van der Waals surface area contributed by atoms with E-state index in [1.165, 1.54) is 6.08 Å². The molecule has 0 aliphatic carbocycles. The number of carbonyl (C=O) groups is 2. The highest BCUT2D eigenvalue weighted by Gasteiger charge is 2.22. The Kier molecular flexibility index (Phi) is 6.58. The Balaban J connectivity index is 4.44. The van der Waals surface area contributed by atoms with E-state index in [1.807, 2.05) is 0 Å². The van der Waals surface area contributed by atoms with Crippen LogP contribution in [0.5, 0.6) is 0 Å². The van der Waals surface area contributed by atoms with Gasteiger partial charge in [0.2, 0.25) is 0 Å². The van der Waals surface area contributed by atoms with Crippen molar-refractivity contribution in [1.29, 1.82) is 0 Å². The SMILES string of the molecule is C#CCN(CC(=O)OC(C)(C)C)C(=O)OCC=C. The molecular formula is C13H19NO4. The first-order chi connectivity index (χ1) is 8.30. The summed E-state index contributed by atoms with van der Waals surface area (Å²) < 4.78 is 9.89. The van der Waals surface area contributed by atoms with Crippen molar-refractivity contribution in [2.45, 2.75) is 26.4 Å². The Morgan fingerprint density at radius 1 is 1.44 bits per heavy atom. The lowest BCUT2D eigenvalue weighted by atomic mass is 10.2. The standard InChI is InChI=1S/C13H19NO4/c1-6-8-14(12(16)17-9-7-2)10-11(15)18-13(3,4)5/h1,7H,2,8-10H2,3-5H3. The third kappa shape index (κ3) is 7.34. The Bertz CT molecular complexity index is 349. The molecule has 0 aromatic rings. The zero-order valence-corrected chi connectivity index (χ0v) is 11.1. The minimum Gasteiger partial charge on any atom is -0.459 e. The number of carbonyl (C=O) groups excluding carboxylic acids is 2. The van der Waals surface area contributed by atoms with Gasteiger partial charge in [-0.2, -0.15) is 0 Å². The summed E-state index contributed by atoms with van der Waals surface area (Å²) in [6, 6.07) is 0. The van der Waals surface area contributed by atoms with Crippen molar-refractivity contribution in [2.24, 2.45) is 0 Å². The van der Waals surface area contributed by atoms with Gasteiger partial charge in [-0.15, -0.1) is 6.42 Å². The van der Waals surface area contributed by atoms with Crippen molar-refractivity contribution in [2.75, 3.05) is 19.7 Å². The Labute approximate surface area is 108 Å². The molecule has 0 aliphatic heterocycles. The molecule has 0 fully saturated rings. The van der Waals surface area contributed by atoms with Crippen LogP contribution in [0.25, 0.3) is 0 Å². The van der Waals surface area contributed by atoms with Crippen molar-refractivity contribution in [1.82, 2.24) is 4.90 Å². The van der Waals surface area contributed by atoms with Crippen LogP contribution in [0, 0.1) is 12.3 Å². The molecule has 0 aromatic heterocycles. The molecule has 0 spiro atoms. The summed E-state index contributed by atoms with van der Waals surface area (Å²) in [4.78, 5) is 24.2. The molecule has 0 radical (unpaired) electrons. The number of terminal acetylenes is 1. The molecule has 0 unspecified atom stereocenters. The summed E-state index contributed by atoms with van der Waals surface area (Å²) in [7, 11) is 0. The first kappa shape index (κ1) is 16.0. The number of ether oxygens (including phenoxy) is 2. The fraction of sp³-hybridized carbons (Fsp3) is 0.538. The van der Waals surface area contributed by atoms with Crippen LogP contribution in [0.3, 0.4) is 0 Å². The van der Waals surface area contributed by atoms with Crippen LogP contribution >= 0.6 is 0 Å². The van der Waals surface area contributed by atoms with Gasteiger partial charge in [-0.05, 0) is 20.8 Å². The van der Waals surface area contributed by atoms with Crippen molar-refractivity contribution >= 4 is 12.1 Å². The summed E-state index contributed by atoms with van der Waals surface area (Å²) in [6.45, 7) is 8.45. The lowest BCUT2D eigenvalue weighted by Crippen LogP contribution is -2.39. The lowest BCUT2D eigenvalue weighted by molar-refractivity contribution is -0.155. The van der Waals surface area contributed by atoms with E-state index in [-0.39, 0.29) is 19.7 Å². The number of rotatable bonds is 5. The monoisotopic (exact) mass is 253 g/mol. The normalized spacial score (nSPS) is 10.1. The van der Waals surface area contributed by atoms with Crippen LogP contribution in [0.2, 0.25) is 0 Å². The van der Waals surface area contributed by atoms with E-state index >= 15 is 0 Å². The molecule has 100 valence electrons. The molecule has 0 N–H and O–H groups in total. The summed E-state index contributed by atoms with van der Waals surface area (Å²) in [6.07, 6.45) is 5.89. The van der Waals surface area contributed by atoms with Crippen LogP contribution in [0.15, 0.2) is 12.7 Å². The molecule has 0 heterocycles. The Hall–Kier alpha value is -1.96. The predicted octanol–water partition coefficient (Wildman–Crippen LogP) is 1.59. The highest BCUT2D eigenvalue weighted by atomic mass is 16.6. The highest BCUT2D eigenvalue weighted by molar-refractivity contribution is 5.78. The fourth-order valence-corrected chi connectivity index (χ4v) is 1.05. The van der Waals surface area contributed by atoms with Crippen molar-refractivity contribution in [3.63, 3.8) is 0 Å². The van der Waals surface area contributed by atoms with Gasteiger partial charge in [0, 0.05) is 0 Å². The average Bonchev–Trinajstić information content (AvgIpc) is 2.22. The van der Waals surface area contributed by atoms with Crippen molar-refractivity contribution in [3.05, 3.63) is 12.7 Å². The van der Waals surface area contributed by atoms with E-state index in [0.29, 0.717) is 0 Å². The first-order valence-corrected chi connectivity index (χ1v) is 5.48. The molecule has 0 aliphatic rings. The number of esters is 1. The third-order valence-corrected chi connectivity index (χ3v) is 1.60. The number of amides is 1. The van der Waals surface area contributed by atoms with E-state index < -0.39 is 17.7 Å². The van der Waals surface area contributed by atoms with Crippen molar-refractivity contribution < 1.29 is 19.1 Å². The first-order valence-electron chi connectivity index (χ1n) is 5.48. The van der Waals surface area contributed by atoms with Crippen LogP contribution < -0.4 is 0 Å². The van der Waals surface area contributed by atoms with Crippen LogP contribution in [-0.2, 0) is 14.3 Å². The molecule has 0 rings (SSSR count).